The first-order valence-electron chi connectivity index (χ1n) is 8.87. The number of nitrogens with zero attached hydrogens (tertiary/aromatic N) is 2. The highest BCUT2D eigenvalue weighted by Crippen LogP contribution is 2.33. The third-order valence-electron chi connectivity index (χ3n) is 5.37. The molecule has 1 aromatic heterocycles. The maximum Gasteiger partial charge on any atom is 0.339 e. The number of pyridine rings is 1. The van der Waals surface area contributed by atoms with Crippen LogP contribution in [0.15, 0.2) is 36.4 Å². The molecule has 2 atom stereocenters. The van der Waals surface area contributed by atoms with Gasteiger partial charge in [-0.15, -0.1) is 0 Å². The molecule has 0 bridgehead atoms. The molecule has 1 aliphatic carbocycles. The van der Waals surface area contributed by atoms with Crippen LogP contribution in [0, 0.1) is 0 Å². The number of hydrogen-bond acceptors (Lipinski definition) is 4. The number of aryl methyl sites for hydroxylation is 2. The molecular weight excluding hydrogens is 316 g/mol. The van der Waals surface area contributed by atoms with Gasteiger partial charge in [-0.25, -0.2) is 9.78 Å². The van der Waals surface area contributed by atoms with Crippen molar-refractivity contribution in [1.29, 1.82) is 0 Å². The minimum Gasteiger partial charge on any atom is -0.478 e. The third-order valence-corrected chi connectivity index (χ3v) is 5.37. The van der Waals surface area contributed by atoms with Crippen LogP contribution in [0.4, 0.5) is 5.82 Å². The predicted octanol–water partition coefficient (Wildman–Crippen LogP) is 2.62. The van der Waals surface area contributed by atoms with E-state index in [4.69, 9.17) is 0 Å². The van der Waals surface area contributed by atoms with E-state index in [1.165, 1.54) is 0 Å². The van der Waals surface area contributed by atoms with E-state index < -0.39 is 12.1 Å². The number of β-amino-alcohol motifs (C(OH)–C–C–N with tert-alkyl or cyclic N) is 1. The van der Waals surface area contributed by atoms with E-state index in [-0.39, 0.29) is 11.5 Å². The van der Waals surface area contributed by atoms with Crippen LogP contribution in [0.1, 0.15) is 45.9 Å². The number of aromatic nitrogens is 1. The van der Waals surface area contributed by atoms with Crippen LogP contribution < -0.4 is 4.90 Å². The lowest BCUT2D eigenvalue weighted by molar-refractivity contribution is 0.0696. The van der Waals surface area contributed by atoms with Crippen molar-refractivity contribution in [2.45, 2.75) is 37.7 Å². The molecule has 2 aromatic rings. The Morgan fingerprint density at radius 1 is 1.20 bits per heavy atom. The highest BCUT2D eigenvalue weighted by molar-refractivity contribution is 5.93. The summed E-state index contributed by atoms with van der Waals surface area (Å²) in [6, 6.07) is 11.8. The molecule has 2 aliphatic rings. The highest BCUT2D eigenvalue weighted by atomic mass is 16.4. The molecule has 0 radical (unpaired) electrons. The van der Waals surface area contributed by atoms with E-state index in [1.807, 2.05) is 35.2 Å². The lowest BCUT2D eigenvalue weighted by Crippen LogP contribution is -2.44. The van der Waals surface area contributed by atoms with E-state index in [0.717, 1.165) is 42.5 Å². The molecule has 1 aliphatic heterocycles. The van der Waals surface area contributed by atoms with Crippen LogP contribution in [0.2, 0.25) is 0 Å². The molecule has 2 N–H and O–H groups in total. The molecule has 5 heteroatoms. The van der Waals surface area contributed by atoms with Crippen LogP contribution in [0.3, 0.4) is 0 Å². The van der Waals surface area contributed by atoms with Crippen LogP contribution in [0.25, 0.3) is 0 Å². The summed E-state index contributed by atoms with van der Waals surface area (Å²) in [6.07, 6.45) is 3.09. The zero-order valence-corrected chi connectivity index (χ0v) is 14.1. The normalized spacial score (nSPS) is 22.7. The van der Waals surface area contributed by atoms with Gasteiger partial charge in [0.25, 0.3) is 0 Å². The van der Waals surface area contributed by atoms with E-state index in [2.05, 4.69) is 4.98 Å². The summed E-state index contributed by atoms with van der Waals surface area (Å²) in [6.45, 7) is 1.11. The van der Waals surface area contributed by atoms with Crippen molar-refractivity contribution >= 4 is 11.8 Å². The van der Waals surface area contributed by atoms with Crippen molar-refractivity contribution < 1.29 is 15.0 Å². The average molecular weight is 338 g/mol. The maximum absolute atomic E-state index is 11.7. The Kier molecular flexibility index (Phi) is 4.17. The van der Waals surface area contributed by atoms with E-state index in [9.17, 15) is 15.0 Å². The number of carbonyl (C=O) groups is 1. The van der Waals surface area contributed by atoms with Gasteiger partial charge in [-0.3, -0.25) is 0 Å². The Balaban J connectivity index is 1.61. The molecule has 1 aromatic carbocycles. The van der Waals surface area contributed by atoms with E-state index in [0.29, 0.717) is 18.9 Å². The first kappa shape index (κ1) is 16.1. The summed E-state index contributed by atoms with van der Waals surface area (Å²) in [5.41, 5.74) is 3.46. The molecule has 4 rings (SSSR count). The van der Waals surface area contributed by atoms with Crippen LogP contribution in [0.5, 0.6) is 0 Å². The fraction of sp³-hybridized carbons (Fsp3) is 0.400. The molecule has 0 unspecified atom stereocenters. The minimum atomic E-state index is -0.947. The summed E-state index contributed by atoms with van der Waals surface area (Å²) in [4.78, 5) is 18.3. The lowest BCUT2D eigenvalue weighted by Gasteiger charge is -2.37. The zero-order chi connectivity index (χ0) is 17.4. The lowest BCUT2D eigenvalue weighted by atomic mass is 9.87. The summed E-state index contributed by atoms with van der Waals surface area (Å²) in [5.74, 6) is -0.351. The van der Waals surface area contributed by atoms with Crippen molar-refractivity contribution in [3.05, 3.63) is 58.8 Å². The fourth-order valence-corrected chi connectivity index (χ4v) is 4.07. The van der Waals surface area contributed by atoms with Gasteiger partial charge < -0.3 is 15.1 Å². The van der Waals surface area contributed by atoms with Gasteiger partial charge in [-0.1, -0.05) is 30.3 Å². The van der Waals surface area contributed by atoms with Crippen molar-refractivity contribution in [2.24, 2.45) is 0 Å². The fourth-order valence-electron chi connectivity index (χ4n) is 4.07. The summed E-state index contributed by atoms with van der Waals surface area (Å²) >= 11 is 0. The molecule has 0 amide bonds. The second-order valence-electron chi connectivity index (χ2n) is 6.94. The zero-order valence-electron chi connectivity index (χ0n) is 14.1. The van der Waals surface area contributed by atoms with Crippen LogP contribution >= 0.6 is 0 Å². The van der Waals surface area contributed by atoms with E-state index >= 15 is 0 Å². The van der Waals surface area contributed by atoms with Gasteiger partial charge in [0.1, 0.15) is 11.4 Å². The van der Waals surface area contributed by atoms with Gasteiger partial charge in [-0.2, -0.15) is 0 Å². The Bertz CT molecular complexity index is 791. The Morgan fingerprint density at radius 2 is 2.00 bits per heavy atom. The van der Waals surface area contributed by atoms with Gasteiger partial charge >= 0.3 is 5.97 Å². The molecule has 2 heterocycles. The second kappa shape index (κ2) is 6.48. The van der Waals surface area contributed by atoms with Crippen molar-refractivity contribution in [3.8, 4) is 0 Å². The van der Waals surface area contributed by atoms with Gasteiger partial charge in [-0.05, 0) is 42.9 Å². The number of benzene rings is 1. The number of piperidine rings is 1. The van der Waals surface area contributed by atoms with E-state index in [1.54, 1.807) is 6.07 Å². The predicted molar refractivity (Wildman–Crippen MR) is 95.2 cm³/mol. The van der Waals surface area contributed by atoms with Crippen molar-refractivity contribution in [3.63, 3.8) is 0 Å². The number of carboxylic acid groups (broad SMARTS) is 1. The molecule has 5 nitrogen and oxygen atoms in total. The number of carboxylic acids is 1. The van der Waals surface area contributed by atoms with Gasteiger partial charge in [0.2, 0.25) is 0 Å². The molecule has 0 spiro atoms. The maximum atomic E-state index is 11.7. The Hall–Kier alpha value is -2.40. The van der Waals surface area contributed by atoms with Gasteiger partial charge in [0.15, 0.2) is 0 Å². The van der Waals surface area contributed by atoms with Crippen molar-refractivity contribution in [2.75, 3.05) is 18.0 Å². The monoisotopic (exact) mass is 338 g/mol. The van der Waals surface area contributed by atoms with Crippen LogP contribution in [-0.2, 0) is 12.8 Å². The number of fused-ring (bicyclic) bond motifs is 1. The minimum absolute atomic E-state index is 0.0835. The SMILES string of the molecule is O=C(O)c1cc2c(nc1N1CC[C@@H](c3ccccc3)[C@H](O)C1)CCC2. The molecule has 1 saturated heterocycles. The van der Waals surface area contributed by atoms with Gasteiger partial charge in [0, 0.05) is 24.7 Å². The average Bonchev–Trinajstić information content (AvgIpc) is 3.08. The summed E-state index contributed by atoms with van der Waals surface area (Å²) in [5, 5.41) is 20.3. The standard InChI is InChI=1S/C20H22N2O3/c23-18-12-22(10-9-15(18)13-5-2-1-3-6-13)19-16(20(24)25)11-14-7-4-8-17(14)21-19/h1-3,5-6,11,15,18,23H,4,7-10,12H2,(H,24,25)/t15-,18+/m0/s1. The number of hydrogen-bond donors (Lipinski definition) is 2. The van der Waals surface area contributed by atoms with Gasteiger partial charge in [0.05, 0.1) is 6.10 Å². The largest absolute Gasteiger partial charge is 0.478 e. The first-order valence-corrected chi connectivity index (χ1v) is 8.87. The molecule has 1 fully saturated rings. The smallest absolute Gasteiger partial charge is 0.339 e. The topological polar surface area (TPSA) is 73.7 Å². The molecule has 130 valence electrons. The number of anilines is 1. The summed E-state index contributed by atoms with van der Waals surface area (Å²) < 4.78 is 0. The number of aliphatic hydroxyl groups is 1. The Labute approximate surface area is 146 Å². The highest BCUT2D eigenvalue weighted by Gasteiger charge is 2.32. The number of aromatic carboxylic acids is 1. The quantitative estimate of drug-likeness (QED) is 0.900. The number of rotatable bonds is 3. The second-order valence-corrected chi connectivity index (χ2v) is 6.94. The molecule has 25 heavy (non-hydrogen) atoms. The molecule has 0 saturated carbocycles. The van der Waals surface area contributed by atoms with Crippen molar-refractivity contribution in [1.82, 2.24) is 4.98 Å². The molecular formula is C20H22N2O3. The summed E-state index contributed by atoms with van der Waals surface area (Å²) in [7, 11) is 0. The Morgan fingerprint density at radius 3 is 2.72 bits per heavy atom. The first-order chi connectivity index (χ1) is 12.1. The van der Waals surface area contributed by atoms with Crippen LogP contribution in [-0.4, -0.2) is 40.4 Å². The number of aliphatic hydroxyl groups excluding tert-OH is 1. The third kappa shape index (κ3) is 3.00.